The summed E-state index contributed by atoms with van der Waals surface area (Å²) in [5, 5.41) is 19.4. The molecule has 0 aliphatic carbocycles. The van der Waals surface area contributed by atoms with Gasteiger partial charge in [-0.25, -0.2) is 9.97 Å². The van der Waals surface area contributed by atoms with E-state index in [1.165, 1.54) is 0 Å². The first-order valence-electron chi connectivity index (χ1n) is 12.5. The maximum atomic E-state index is 13.0. The lowest BCUT2D eigenvalue weighted by molar-refractivity contribution is 0.102. The van der Waals surface area contributed by atoms with Gasteiger partial charge in [-0.3, -0.25) is 4.79 Å². The van der Waals surface area contributed by atoms with Crippen molar-refractivity contribution in [2.24, 2.45) is 0 Å². The minimum atomic E-state index is -0.187. The quantitative estimate of drug-likeness (QED) is 0.193. The molecule has 7 nitrogen and oxygen atoms in total. The number of fused-ring (bicyclic) bond motifs is 1. The van der Waals surface area contributed by atoms with Gasteiger partial charge < -0.3 is 21.1 Å². The highest BCUT2D eigenvalue weighted by molar-refractivity contribution is 6.05. The number of para-hydroxylation sites is 1. The van der Waals surface area contributed by atoms with Crippen molar-refractivity contribution in [3.63, 3.8) is 0 Å². The van der Waals surface area contributed by atoms with Gasteiger partial charge in [0.1, 0.15) is 0 Å². The fourth-order valence-electron chi connectivity index (χ4n) is 4.29. The van der Waals surface area contributed by atoms with Crippen molar-refractivity contribution in [3.8, 4) is 11.3 Å². The first-order chi connectivity index (χ1) is 18.6. The smallest absolute Gasteiger partial charge is 0.255 e. The first-order valence-corrected chi connectivity index (χ1v) is 12.5. The van der Waals surface area contributed by atoms with Gasteiger partial charge in [-0.05, 0) is 54.4 Å². The summed E-state index contributed by atoms with van der Waals surface area (Å²) in [6.45, 7) is 3.21. The molecule has 0 aliphatic rings. The summed E-state index contributed by atoms with van der Waals surface area (Å²) in [4.78, 5) is 22.4. The maximum Gasteiger partial charge on any atom is 0.255 e. The van der Waals surface area contributed by atoms with Crippen LogP contribution in [0.5, 0.6) is 0 Å². The molecule has 1 amide bonds. The molecule has 0 aliphatic heterocycles. The molecule has 0 spiro atoms. The van der Waals surface area contributed by atoms with Crippen molar-refractivity contribution in [1.29, 1.82) is 0 Å². The standard InChI is InChI=1S/C31H29N5O2/c1-21-24(20-32-18-19-37)10-7-13-27(21)34-30(38)23-14-16-25(17-15-23)33-31-35-28-12-6-5-11-26(28)29(36-31)22-8-3-2-4-9-22/h2-17,32,37H,18-20H2,1H3,(H,34,38)(H,33,35,36). The van der Waals surface area contributed by atoms with E-state index in [0.717, 1.165) is 44.7 Å². The van der Waals surface area contributed by atoms with Crippen molar-refractivity contribution >= 4 is 34.1 Å². The SMILES string of the molecule is Cc1c(CNCCO)cccc1NC(=O)c1ccc(Nc2nc(-c3ccccc3)c3ccccc3n2)cc1. The molecule has 4 aromatic carbocycles. The molecule has 0 bridgehead atoms. The van der Waals surface area contributed by atoms with E-state index >= 15 is 0 Å². The second-order valence-corrected chi connectivity index (χ2v) is 8.93. The number of rotatable bonds is 9. The van der Waals surface area contributed by atoms with Crippen molar-refractivity contribution in [2.75, 3.05) is 23.8 Å². The molecule has 0 unspecified atom stereocenters. The Morgan fingerprint density at radius 2 is 1.61 bits per heavy atom. The molecule has 38 heavy (non-hydrogen) atoms. The summed E-state index contributed by atoms with van der Waals surface area (Å²) in [5.74, 6) is 0.301. The third-order valence-electron chi connectivity index (χ3n) is 6.35. The van der Waals surface area contributed by atoms with E-state index in [1.807, 2.05) is 91.9 Å². The van der Waals surface area contributed by atoms with Crippen LogP contribution in [0.25, 0.3) is 22.2 Å². The largest absolute Gasteiger partial charge is 0.395 e. The van der Waals surface area contributed by atoms with E-state index < -0.39 is 0 Å². The molecule has 0 saturated carbocycles. The van der Waals surface area contributed by atoms with Crippen molar-refractivity contribution in [3.05, 3.63) is 114 Å². The molecule has 1 aromatic heterocycles. The van der Waals surface area contributed by atoms with Gasteiger partial charge in [0, 0.05) is 41.0 Å². The highest BCUT2D eigenvalue weighted by atomic mass is 16.3. The van der Waals surface area contributed by atoms with Crippen LogP contribution in [-0.2, 0) is 6.54 Å². The number of amides is 1. The average molecular weight is 504 g/mol. The number of aromatic nitrogens is 2. The molecule has 0 atom stereocenters. The molecule has 190 valence electrons. The third kappa shape index (κ3) is 5.70. The molecular weight excluding hydrogens is 474 g/mol. The number of aliphatic hydroxyl groups is 1. The van der Waals surface area contributed by atoms with Crippen LogP contribution in [0.2, 0.25) is 0 Å². The zero-order chi connectivity index (χ0) is 26.3. The van der Waals surface area contributed by atoms with Crippen LogP contribution in [0, 0.1) is 6.92 Å². The number of anilines is 3. The van der Waals surface area contributed by atoms with Gasteiger partial charge in [-0.1, -0.05) is 60.7 Å². The van der Waals surface area contributed by atoms with Crippen molar-refractivity contribution < 1.29 is 9.90 Å². The predicted octanol–water partition coefficient (Wildman–Crippen LogP) is 5.68. The number of carbonyl (C=O) groups is 1. The van der Waals surface area contributed by atoms with Gasteiger partial charge in [0.05, 0.1) is 17.8 Å². The van der Waals surface area contributed by atoms with E-state index in [9.17, 15) is 4.79 Å². The number of hydrogen-bond donors (Lipinski definition) is 4. The van der Waals surface area contributed by atoms with Gasteiger partial charge in [0.2, 0.25) is 5.95 Å². The summed E-state index contributed by atoms with van der Waals surface area (Å²) in [7, 11) is 0. The molecular formula is C31H29N5O2. The molecule has 5 rings (SSSR count). The second-order valence-electron chi connectivity index (χ2n) is 8.93. The molecule has 5 aromatic rings. The number of carbonyl (C=O) groups excluding carboxylic acids is 1. The zero-order valence-corrected chi connectivity index (χ0v) is 21.1. The normalized spacial score (nSPS) is 10.9. The van der Waals surface area contributed by atoms with Crippen LogP contribution in [0.15, 0.2) is 97.1 Å². The maximum absolute atomic E-state index is 13.0. The van der Waals surface area contributed by atoms with E-state index in [0.29, 0.717) is 24.6 Å². The zero-order valence-electron chi connectivity index (χ0n) is 21.1. The lowest BCUT2D eigenvalue weighted by atomic mass is 10.1. The Balaban J connectivity index is 1.32. The van der Waals surface area contributed by atoms with Crippen LogP contribution in [0.4, 0.5) is 17.3 Å². The first kappa shape index (κ1) is 25.1. The second kappa shape index (κ2) is 11.6. The van der Waals surface area contributed by atoms with Crippen LogP contribution in [0.1, 0.15) is 21.5 Å². The van der Waals surface area contributed by atoms with Crippen LogP contribution >= 0.6 is 0 Å². The summed E-state index contributed by atoms with van der Waals surface area (Å²) in [6.07, 6.45) is 0. The Morgan fingerprint density at radius 3 is 2.39 bits per heavy atom. The number of aliphatic hydroxyl groups excluding tert-OH is 1. The average Bonchev–Trinajstić information content (AvgIpc) is 2.95. The Labute approximate surface area is 221 Å². The molecule has 0 radical (unpaired) electrons. The number of benzene rings is 4. The fraction of sp³-hybridized carbons (Fsp3) is 0.129. The third-order valence-corrected chi connectivity index (χ3v) is 6.35. The van der Waals surface area contributed by atoms with E-state index in [1.54, 1.807) is 12.1 Å². The summed E-state index contributed by atoms with van der Waals surface area (Å²) < 4.78 is 0. The Bertz CT molecular complexity index is 1550. The minimum absolute atomic E-state index is 0.0848. The van der Waals surface area contributed by atoms with Crippen LogP contribution < -0.4 is 16.0 Å². The summed E-state index contributed by atoms with van der Waals surface area (Å²) in [6, 6.07) is 31.1. The number of hydrogen-bond acceptors (Lipinski definition) is 6. The number of nitrogens with zero attached hydrogens (tertiary/aromatic N) is 2. The van der Waals surface area contributed by atoms with Gasteiger partial charge in [0.25, 0.3) is 5.91 Å². The van der Waals surface area contributed by atoms with Crippen LogP contribution in [-0.4, -0.2) is 34.1 Å². The lowest BCUT2D eigenvalue weighted by Gasteiger charge is -2.13. The Kier molecular flexibility index (Phi) is 7.68. The highest BCUT2D eigenvalue weighted by Gasteiger charge is 2.12. The Morgan fingerprint density at radius 1 is 0.842 bits per heavy atom. The van der Waals surface area contributed by atoms with Crippen molar-refractivity contribution in [2.45, 2.75) is 13.5 Å². The van der Waals surface area contributed by atoms with E-state index in [-0.39, 0.29) is 12.5 Å². The van der Waals surface area contributed by atoms with Gasteiger partial charge in [0.15, 0.2) is 0 Å². The van der Waals surface area contributed by atoms with Gasteiger partial charge >= 0.3 is 0 Å². The van der Waals surface area contributed by atoms with E-state index in [4.69, 9.17) is 15.1 Å². The monoisotopic (exact) mass is 503 g/mol. The van der Waals surface area contributed by atoms with Gasteiger partial charge in [-0.15, -0.1) is 0 Å². The van der Waals surface area contributed by atoms with Crippen LogP contribution in [0.3, 0.4) is 0 Å². The van der Waals surface area contributed by atoms with Crippen molar-refractivity contribution in [1.82, 2.24) is 15.3 Å². The molecule has 1 heterocycles. The van der Waals surface area contributed by atoms with Gasteiger partial charge in [-0.2, -0.15) is 0 Å². The Hall–Kier alpha value is -4.59. The van der Waals surface area contributed by atoms with E-state index in [2.05, 4.69) is 16.0 Å². The fourth-order valence-corrected chi connectivity index (χ4v) is 4.29. The topological polar surface area (TPSA) is 99.2 Å². The predicted molar refractivity (Wildman–Crippen MR) is 153 cm³/mol. The molecule has 4 N–H and O–H groups in total. The molecule has 0 saturated heterocycles. The lowest BCUT2D eigenvalue weighted by Crippen LogP contribution is -2.19. The highest BCUT2D eigenvalue weighted by Crippen LogP contribution is 2.28. The summed E-state index contributed by atoms with van der Waals surface area (Å²) in [5.41, 5.74) is 6.88. The number of nitrogens with one attached hydrogen (secondary N) is 3. The summed E-state index contributed by atoms with van der Waals surface area (Å²) >= 11 is 0. The minimum Gasteiger partial charge on any atom is -0.395 e. The molecule has 7 heteroatoms. The molecule has 0 fully saturated rings.